The maximum Gasteiger partial charge on any atom is 0.264 e. The van der Waals surface area contributed by atoms with E-state index in [1.165, 1.54) is 16.9 Å². The Kier molecular flexibility index (Phi) is 5.23. The standard InChI is InChI=1S/C16H18BrN3OS/c17-15-5-4-14(22-15)16(21)20-8-2-7-19(9-10-20)12-13-3-1-6-18-11-13/h1,3-6,11H,2,7-10,12H2. The van der Waals surface area contributed by atoms with Crippen LogP contribution in [0.3, 0.4) is 0 Å². The summed E-state index contributed by atoms with van der Waals surface area (Å²) in [5.41, 5.74) is 1.23. The molecule has 6 heteroatoms. The average Bonchev–Trinajstić information content (AvgIpc) is 2.83. The van der Waals surface area contributed by atoms with Crippen LogP contribution in [0, 0.1) is 0 Å². The molecular formula is C16H18BrN3OS. The largest absolute Gasteiger partial charge is 0.337 e. The van der Waals surface area contributed by atoms with Crippen molar-refractivity contribution in [3.63, 3.8) is 0 Å². The molecule has 1 amide bonds. The average molecular weight is 380 g/mol. The number of carbonyl (C=O) groups excluding carboxylic acids is 1. The van der Waals surface area contributed by atoms with Gasteiger partial charge in [0, 0.05) is 45.1 Å². The second-order valence-corrected chi connectivity index (χ2v) is 7.85. The van der Waals surface area contributed by atoms with Gasteiger partial charge in [0.2, 0.25) is 0 Å². The van der Waals surface area contributed by atoms with Gasteiger partial charge < -0.3 is 4.90 Å². The topological polar surface area (TPSA) is 36.4 Å². The molecule has 0 atom stereocenters. The lowest BCUT2D eigenvalue weighted by Gasteiger charge is -2.21. The number of hydrogen-bond acceptors (Lipinski definition) is 4. The minimum atomic E-state index is 0.152. The molecule has 2 aromatic rings. The second kappa shape index (κ2) is 7.35. The lowest BCUT2D eigenvalue weighted by Crippen LogP contribution is -2.34. The molecule has 0 N–H and O–H groups in total. The van der Waals surface area contributed by atoms with Crippen molar-refractivity contribution in [3.8, 4) is 0 Å². The van der Waals surface area contributed by atoms with Crippen molar-refractivity contribution in [1.29, 1.82) is 0 Å². The monoisotopic (exact) mass is 379 g/mol. The summed E-state index contributed by atoms with van der Waals surface area (Å²) in [6.07, 6.45) is 4.72. The van der Waals surface area contributed by atoms with Crippen molar-refractivity contribution in [1.82, 2.24) is 14.8 Å². The number of aromatic nitrogens is 1. The molecule has 1 aliphatic heterocycles. The number of halogens is 1. The summed E-state index contributed by atoms with van der Waals surface area (Å²) in [4.78, 5) is 21.9. The van der Waals surface area contributed by atoms with Gasteiger partial charge in [-0.1, -0.05) is 6.07 Å². The first-order valence-electron chi connectivity index (χ1n) is 7.38. The van der Waals surface area contributed by atoms with E-state index in [4.69, 9.17) is 0 Å². The van der Waals surface area contributed by atoms with Crippen LogP contribution in [0.15, 0.2) is 40.4 Å². The highest BCUT2D eigenvalue weighted by molar-refractivity contribution is 9.11. The third-order valence-electron chi connectivity index (χ3n) is 3.79. The third-order valence-corrected chi connectivity index (χ3v) is 5.40. The van der Waals surface area contributed by atoms with Gasteiger partial charge in [0.25, 0.3) is 5.91 Å². The van der Waals surface area contributed by atoms with Crippen LogP contribution in [0.1, 0.15) is 21.7 Å². The van der Waals surface area contributed by atoms with Gasteiger partial charge in [-0.25, -0.2) is 0 Å². The molecule has 22 heavy (non-hydrogen) atoms. The zero-order valence-electron chi connectivity index (χ0n) is 12.2. The summed E-state index contributed by atoms with van der Waals surface area (Å²) in [6.45, 7) is 4.45. The van der Waals surface area contributed by atoms with Crippen LogP contribution in [-0.4, -0.2) is 46.9 Å². The molecule has 0 aromatic carbocycles. The molecule has 1 aliphatic rings. The predicted molar refractivity (Wildman–Crippen MR) is 92.1 cm³/mol. The maximum absolute atomic E-state index is 12.5. The Hall–Kier alpha value is -1.24. The molecule has 116 valence electrons. The van der Waals surface area contributed by atoms with E-state index in [1.54, 1.807) is 6.20 Å². The van der Waals surface area contributed by atoms with E-state index in [1.807, 2.05) is 29.3 Å². The molecule has 0 radical (unpaired) electrons. The van der Waals surface area contributed by atoms with Crippen LogP contribution in [0.25, 0.3) is 0 Å². The van der Waals surface area contributed by atoms with Crippen LogP contribution in [0.2, 0.25) is 0 Å². The molecule has 3 rings (SSSR count). The lowest BCUT2D eigenvalue weighted by atomic mass is 10.2. The summed E-state index contributed by atoms with van der Waals surface area (Å²) in [7, 11) is 0. The summed E-state index contributed by atoms with van der Waals surface area (Å²) in [5.74, 6) is 0.152. The zero-order chi connectivity index (χ0) is 15.4. The van der Waals surface area contributed by atoms with Gasteiger partial charge in [-0.05, 0) is 46.1 Å². The van der Waals surface area contributed by atoms with E-state index < -0.39 is 0 Å². The van der Waals surface area contributed by atoms with Crippen LogP contribution >= 0.6 is 27.3 Å². The molecule has 1 fully saturated rings. The first-order valence-corrected chi connectivity index (χ1v) is 8.99. The van der Waals surface area contributed by atoms with Crippen molar-refractivity contribution >= 4 is 33.2 Å². The number of pyridine rings is 1. The first-order chi connectivity index (χ1) is 10.7. The number of thiophene rings is 1. The molecule has 0 bridgehead atoms. The highest BCUT2D eigenvalue weighted by Gasteiger charge is 2.21. The van der Waals surface area contributed by atoms with Crippen LogP contribution in [0.4, 0.5) is 0 Å². The molecule has 4 nitrogen and oxygen atoms in total. The highest BCUT2D eigenvalue weighted by Crippen LogP contribution is 2.23. The fourth-order valence-electron chi connectivity index (χ4n) is 2.67. The summed E-state index contributed by atoms with van der Waals surface area (Å²) in [5, 5.41) is 0. The van der Waals surface area contributed by atoms with Crippen molar-refractivity contribution in [2.24, 2.45) is 0 Å². The Balaban J connectivity index is 1.59. The Morgan fingerprint density at radius 1 is 1.23 bits per heavy atom. The number of nitrogens with zero attached hydrogens (tertiary/aromatic N) is 3. The Bertz CT molecular complexity index is 631. The van der Waals surface area contributed by atoms with E-state index in [0.29, 0.717) is 0 Å². The van der Waals surface area contributed by atoms with Gasteiger partial charge in [0.1, 0.15) is 0 Å². The number of amides is 1. The fraction of sp³-hybridized carbons (Fsp3) is 0.375. The van der Waals surface area contributed by atoms with Crippen LogP contribution in [0.5, 0.6) is 0 Å². The van der Waals surface area contributed by atoms with E-state index in [-0.39, 0.29) is 5.91 Å². The highest BCUT2D eigenvalue weighted by atomic mass is 79.9. The Morgan fingerprint density at radius 3 is 2.86 bits per heavy atom. The van der Waals surface area contributed by atoms with Gasteiger partial charge in [0.05, 0.1) is 8.66 Å². The van der Waals surface area contributed by atoms with Crippen molar-refractivity contribution in [2.45, 2.75) is 13.0 Å². The van der Waals surface area contributed by atoms with E-state index >= 15 is 0 Å². The van der Waals surface area contributed by atoms with Gasteiger partial charge in [-0.2, -0.15) is 0 Å². The van der Waals surface area contributed by atoms with Gasteiger partial charge in [-0.3, -0.25) is 14.7 Å². The van der Waals surface area contributed by atoms with E-state index in [9.17, 15) is 4.79 Å². The molecular weight excluding hydrogens is 362 g/mol. The predicted octanol–water partition coefficient (Wildman–Crippen LogP) is 3.25. The van der Waals surface area contributed by atoms with Crippen molar-refractivity contribution < 1.29 is 4.79 Å². The molecule has 0 saturated carbocycles. The number of hydrogen-bond donors (Lipinski definition) is 0. The molecule has 0 aliphatic carbocycles. The smallest absolute Gasteiger partial charge is 0.264 e. The molecule has 0 spiro atoms. The van der Waals surface area contributed by atoms with E-state index in [2.05, 4.69) is 31.9 Å². The molecule has 0 unspecified atom stereocenters. The summed E-state index contributed by atoms with van der Waals surface area (Å²) >= 11 is 4.92. The fourth-order valence-corrected chi connectivity index (χ4v) is 4.02. The summed E-state index contributed by atoms with van der Waals surface area (Å²) < 4.78 is 1.00. The van der Waals surface area contributed by atoms with Gasteiger partial charge in [0.15, 0.2) is 0 Å². The van der Waals surface area contributed by atoms with Crippen LogP contribution in [-0.2, 0) is 6.54 Å². The Morgan fingerprint density at radius 2 is 2.14 bits per heavy atom. The summed E-state index contributed by atoms with van der Waals surface area (Å²) in [6, 6.07) is 7.90. The molecule has 2 aromatic heterocycles. The molecule has 1 saturated heterocycles. The lowest BCUT2D eigenvalue weighted by molar-refractivity contribution is 0.0766. The quantitative estimate of drug-likeness (QED) is 0.820. The van der Waals surface area contributed by atoms with E-state index in [0.717, 1.165) is 47.8 Å². The number of rotatable bonds is 3. The number of carbonyl (C=O) groups is 1. The first kappa shape index (κ1) is 15.6. The maximum atomic E-state index is 12.5. The van der Waals surface area contributed by atoms with Crippen LogP contribution < -0.4 is 0 Å². The van der Waals surface area contributed by atoms with Crippen molar-refractivity contribution in [2.75, 3.05) is 26.2 Å². The van der Waals surface area contributed by atoms with Gasteiger partial charge in [-0.15, -0.1) is 11.3 Å². The normalized spacial score (nSPS) is 16.5. The minimum absolute atomic E-state index is 0.152. The van der Waals surface area contributed by atoms with Gasteiger partial charge >= 0.3 is 0 Å². The Labute approximate surface area is 142 Å². The minimum Gasteiger partial charge on any atom is -0.337 e. The third kappa shape index (κ3) is 3.94. The SMILES string of the molecule is O=C(c1ccc(Br)s1)N1CCCN(Cc2cccnc2)CC1. The molecule has 3 heterocycles. The second-order valence-electron chi connectivity index (χ2n) is 5.39. The van der Waals surface area contributed by atoms with Crippen molar-refractivity contribution in [3.05, 3.63) is 50.9 Å². The zero-order valence-corrected chi connectivity index (χ0v) is 14.6.